The first-order chi connectivity index (χ1) is 9.27. The minimum absolute atomic E-state index is 0.0810. The van der Waals surface area contributed by atoms with E-state index in [1.807, 2.05) is 42.5 Å². The maximum atomic E-state index is 10.7. The molecule has 100 valence electrons. The van der Waals surface area contributed by atoms with Crippen molar-refractivity contribution in [2.24, 2.45) is 0 Å². The number of benzene rings is 2. The summed E-state index contributed by atoms with van der Waals surface area (Å²) in [7, 11) is 1.63. The van der Waals surface area contributed by atoms with Gasteiger partial charge in [-0.25, -0.2) is 0 Å². The molecule has 2 aromatic carbocycles. The van der Waals surface area contributed by atoms with Crippen molar-refractivity contribution < 1.29 is 9.84 Å². The second-order valence-electron chi connectivity index (χ2n) is 4.61. The molecule has 0 bridgehead atoms. The van der Waals surface area contributed by atoms with Crippen molar-refractivity contribution >= 4 is 0 Å². The Labute approximate surface area is 114 Å². The van der Waals surface area contributed by atoms with Crippen LogP contribution >= 0.6 is 0 Å². The van der Waals surface area contributed by atoms with Crippen LogP contribution in [-0.4, -0.2) is 12.2 Å². The molecule has 0 saturated carbocycles. The van der Waals surface area contributed by atoms with Crippen molar-refractivity contribution in [3.05, 3.63) is 65.7 Å². The monoisotopic (exact) mass is 256 g/mol. The number of aliphatic hydroxyl groups is 1. The lowest BCUT2D eigenvalue weighted by Crippen LogP contribution is -2.11. The van der Waals surface area contributed by atoms with E-state index in [-0.39, 0.29) is 5.92 Å². The predicted octanol–water partition coefficient (Wildman–Crippen LogP) is 3.92. The lowest BCUT2D eigenvalue weighted by Gasteiger charge is -2.24. The van der Waals surface area contributed by atoms with Gasteiger partial charge in [0, 0.05) is 11.5 Å². The molecule has 0 heterocycles. The van der Waals surface area contributed by atoms with Crippen molar-refractivity contribution in [1.82, 2.24) is 0 Å². The van der Waals surface area contributed by atoms with E-state index in [4.69, 9.17) is 4.74 Å². The Hall–Kier alpha value is -1.80. The second-order valence-corrected chi connectivity index (χ2v) is 4.61. The van der Waals surface area contributed by atoms with Crippen LogP contribution < -0.4 is 4.74 Å². The van der Waals surface area contributed by atoms with Gasteiger partial charge in [0.15, 0.2) is 0 Å². The topological polar surface area (TPSA) is 29.5 Å². The van der Waals surface area contributed by atoms with Crippen LogP contribution in [0.3, 0.4) is 0 Å². The van der Waals surface area contributed by atoms with Gasteiger partial charge in [-0.15, -0.1) is 0 Å². The smallest absolute Gasteiger partial charge is 0.124 e. The van der Waals surface area contributed by atoms with Gasteiger partial charge in [0.25, 0.3) is 0 Å². The summed E-state index contributed by atoms with van der Waals surface area (Å²) in [4.78, 5) is 0. The van der Waals surface area contributed by atoms with Crippen molar-refractivity contribution in [2.75, 3.05) is 7.11 Å². The molecule has 0 aliphatic carbocycles. The molecule has 0 aliphatic rings. The summed E-state index contributed by atoms with van der Waals surface area (Å²) in [6.45, 7) is 2.09. The Balaban J connectivity index is 2.33. The molecule has 1 N–H and O–H groups in total. The van der Waals surface area contributed by atoms with Crippen LogP contribution in [0.25, 0.3) is 0 Å². The molecule has 0 aromatic heterocycles. The number of methoxy groups -OCH3 is 1. The van der Waals surface area contributed by atoms with Crippen LogP contribution in [0.2, 0.25) is 0 Å². The average molecular weight is 256 g/mol. The van der Waals surface area contributed by atoms with Crippen LogP contribution in [0, 0.1) is 0 Å². The molecule has 0 saturated heterocycles. The third-order valence-electron chi connectivity index (χ3n) is 3.51. The summed E-state index contributed by atoms with van der Waals surface area (Å²) in [6, 6.07) is 17.8. The highest BCUT2D eigenvalue weighted by atomic mass is 16.5. The lowest BCUT2D eigenvalue weighted by molar-refractivity contribution is 0.139. The highest BCUT2D eigenvalue weighted by Crippen LogP contribution is 2.37. The van der Waals surface area contributed by atoms with Gasteiger partial charge in [0.2, 0.25) is 0 Å². The molecule has 0 amide bonds. The number of hydrogen-bond donors (Lipinski definition) is 1. The first kappa shape index (κ1) is 13.6. The van der Waals surface area contributed by atoms with Crippen molar-refractivity contribution in [2.45, 2.75) is 25.4 Å². The Kier molecular flexibility index (Phi) is 4.58. The number of hydrogen-bond acceptors (Lipinski definition) is 2. The first-order valence-electron chi connectivity index (χ1n) is 6.63. The summed E-state index contributed by atoms with van der Waals surface area (Å²) in [6.07, 6.45) is 0.326. The third-order valence-corrected chi connectivity index (χ3v) is 3.51. The zero-order valence-corrected chi connectivity index (χ0v) is 11.4. The largest absolute Gasteiger partial charge is 0.496 e. The van der Waals surface area contributed by atoms with E-state index in [2.05, 4.69) is 19.1 Å². The number of ether oxygens (including phenoxy) is 1. The highest BCUT2D eigenvalue weighted by molar-refractivity contribution is 5.37. The molecule has 2 nitrogen and oxygen atoms in total. The summed E-state index contributed by atoms with van der Waals surface area (Å²) in [5.41, 5.74) is 2.00. The molecule has 2 unspecified atom stereocenters. The fourth-order valence-corrected chi connectivity index (χ4v) is 2.47. The molecule has 2 rings (SSSR count). The third kappa shape index (κ3) is 2.96. The van der Waals surface area contributed by atoms with E-state index in [1.54, 1.807) is 7.11 Å². The molecule has 0 spiro atoms. The predicted molar refractivity (Wildman–Crippen MR) is 77.4 cm³/mol. The van der Waals surface area contributed by atoms with E-state index >= 15 is 0 Å². The van der Waals surface area contributed by atoms with Gasteiger partial charge in [-0.2, -0.15) is 0 Å². The minimum Gasteiger partial charge on any atom is -0.496 e. The quantitative estimate of drug-likeness (QED) is 0.878. The van der Waals surface area contributed by atoms with Gasteiger partial charge < -0.3 is 9.84 Å². The molecule has 0 fully saturated rings. The maximum Gasteiger partial charge on any atom is 0.124 e. The summed E-state index contributed by atoms with van der Waals surface area (Å²) in [5.74, 6) is 0.821. The molecular formula is C17H20O2. The van der Waals surface area contributed by atoms with Crippen molar-refractivity contribution in [3.8, 4) is 5.75 Å². The number of para-hydroxylation sites is 1. The normalized spacial score (nSPS) is 13.8. The lowest BCUT2D eigenvalue weighted by atomic mass is 9.87. The van der Waals surface area contributed by atoms with Gasteiger partial charge in [-0.05, 0) is 18.1 Å². The van der Waals surface area contributed by atoms with Crippen LogP contribution in [0.15, 0.2) is 54.6 Å². The molecule has 2 heteroatoms. The maximum absolute atomic E-state index is 10.7. The number of rotatable bonds is 5. The van der Waals surface area contributed by atoms with Crippen LogP contribution in [-0.2, 0) is 0 Å². The van der Waals surface area contributed by atoms with Gasteiger partial charge in [-0.3, -0.25) is 0 Å². The van der Waals surface area contributed by atoms with Crippen LogP contribution in [0.4, 0.5) is 0 Å². The van der Waals surface area contributed by atoms with E-state index in [9.17, 15) is 5.11 Å². The van der Waals surface area contributed by atoms with E-state index in [0.717, 1.165) is 23.3 Å². The van der Waals surface area contributed by atoms with Crippen LogP contribution in [0.1, 0.15) is 36.5 Å². The molecule has 2 aromatic rings. The summed E-state index contributed by atoms with van der Waals surface area (Å²) >= 11 is 0. The van der Waals surface area contributed by atoms with Gasteiger partial charge in [0.1, 0.15) is 5.75 Å². The first-order valence-corrected chi connectivity index (χ1v) is 6.63. The minimum atomic E-state index is -0.552. The SMILES string of the molecule is CCC(c1ccccc1)C(O)c1ccccc1OC. The Morgan fingerprint density at radius 1 is 1.00 bits per heavy atom. The molecular weight excluding hydrogens is 236 g/mol. The summed E-state index contributed by atoms with van der Waals surface area (Å²) in [5, 5.41) is 10.7. The fraction of sp³-hybridized carbons (Fsp3) is 0.294. The Morgan fingerprint density at radius 3 is 2.26 bits per heavy atom. The van der Waals surface area contributed by atoms with Gasteiger partial charge >= 0.3 is 0 Å². The van der Waals surface area contributed by atoms with Gasteiger partial charge in [0.05, 0.1) is 13.2 Å². The standard InChI is InChI=1S/C17H20O2/c1-3-14(13-9-5-4-6-10-13)17(18)15-11-7-8-12-16(15)19-2/h4-12,14,17-18H,3H2,1-2H3. The Bertz CT molecular complexity index is 508. The van der Waals surface area contributed by atoms with Crippen molar-refractivity contribution in [1.29, 1.82) is 0 Å². The van der Waals surface area contributed by atoms with E-state index < -0.39 is 6.10 Å². The fourth-order valence-electron chi connectivity index (χ4n) is 2.47. The van der Waals surface area contributed by atoms with Crippen LogP contribution in [0.5, 0.6) is 5.75 Å². The molecule has 19 heavy (non-hydrogen) atoms. The van der Waals surface area contributed by atoms with E-state index in [0.29, 0.717) is 0 Å². The number of aliphatic hydroxyl groups excluding tert-OH is 1. The average Bonchev–Trinajstić information content (AvgIpc) is 2.49. The molecule has 0 radical (unpaired) electrons. The molecule has 2 atom stereocenters. The zero-order valence-electron chi connectivity index (χ0n) is 11.4. The zero-order chi connectivity index (χ0) is 13.7. The highest BCUT2D eigenvalue weighted by Gasteiger charge is 2.23. The van der Waals surface area contributed by atoms with E-state index in [1.165, 1.54) is 0 Å². The summed E-state index contributed by atoms with van der Waals surface area (Å²) < 4.78 is 5.34. The molecule has 0 aliphatic heterocycles. The van der Waals surface area contributed by atoms with Crippen molar-refractivity contribution in [3.63, 3.8) is 0 Å². The second kappa shape index (κ2) is 6.39. The van der Waals surface area contributed by atoms with Gasteiger partial charge in [-0.1, -0.05) is 55.5 Å². The Morgan fingerprint density at radius 2 is 1.63 bits per heavy atom.